The Hall–Kier alpha value is -2.37. The third-order valence-corrected chi connectivity index (χ3v) is 3.70. The number of ether oxygens (including phenoxy) is 1. The lowest BCUT2D eigenvalue weighted by Crippen LogP contribution is -2.21. The van der Waals surface area contributed by atoms with Crippen molar-refractivity contribution in [2.45, 2.75) is 19.3 Å². The molecule has 1 amide bonds. The van der Waals surface area contributed by atoms with E-state index in [1.807, 2.05) is 0 Å². The summed E-state index contributed by atoms with van der Waals surface area (Å²) in [6.45, 7) is 0. The van der Waals surface area contributed by atoms with Crippen LogP contribution in [-0.2, 0) is 14.3 Å². The first kappa shape index (κ1) is 15.0. The number of carbonyl (C=O) groups is 3. The molecule has 2 N–H and O–H groups in total. The molecular formula is C15H17NO5. The van der Waals surface area contributed by atoms with Crippen molar-refractivity contribution in [3.63, 3.8) is 0 Å². The van der Waals surface area contributed by atoms with Gasteiger partial charge < -0.3 is 15.2 Å². The predicted octanol–water partition coefficient (Wildman–Crippen LogP) is 1.91. The molecule has 1 aromatic carbocycles. The number of carbonyl (C=O) groups excluding carboxylic acids is 2. The summed E-state index contributed by atoms with van der Waals surface area (Å²) in [7, 11) is 1.29. The largest absolute Gasteiger partial charge is 0.481 e. The standard InChI is InChI=1S/C15H17NO5/c1-21-15(20)11-3-2-4-12(8-11)16-13(17)9-5-6-10(7-9)14(18)19/h2-4,8-10H,5-7H2,1H3,(H,16,17)(H,18,19)/t9-,10+/m1/s1. The lowest BCUT2D eigenvalue weighted by Gasteiger charge is -2.11. The average molecular weight is 291 g/mol. The number of hydrogen-bond donors (Lipinski definition) is 2. The number of amides is 1. The first-order valence-electron chi connectivity index (χ1n) is 6.73. The third kappa shape index (κ3) is 3.59. The van der Waals surface area contributed by atoms with Crippen molar-refractivity contribution in [1.82, 2.24) is 0 Å². The number of nitrogens with one attached hydrogen (secondary N) is 1. The summed E-state index contributed by atoms with van der Waals surface area (Å²) in [5.41, 5.74) is 0.854. The van der Waals surface area contributed by atoms with E-state index in [1.165, 1.54) is 13.2 Å². The molecule has 2 atom stereocenters. The van der Waals surface area contributed by atoms with Gasteiger partial charge in [0.25, 0.3) is 0 Å². The quantitative estimate of drug-likeness (QED) is 0.827. The fourth-order valence-electron chi connectivity index (χ4n) is 2.53. The highest BCUT2D eigenvalue weighted by Gasteiger charge is 2.33. The van der Waals surface area contributed by atoms with Gasteiger partial charge >= 0.3 is 11.9 Å². The molecule has 1 aromatic rings. The van der Waals surface area contributed by atoms with Gasteiger partial charge in [-0.2, -0.15) is 0 Å². The maximum Gasteiger partial charge on any atom is 0.337 e. The van der Waals surface area contributed by atoms with Crippen LogP contribution < -0.4 is 5.32 Å². The molecule has 6 heteroatoms. The van der Waals surface area contributed by atoms with E-state index in [0.717, 1.165) is 0 Å². The van der Waals surface area contributed by atoms with Gasteiger partial charge in [-0.3, -0.25) is 9.59 Å². The van der Waals surface area contributed by atoms with Crippen LogP contribution in [-0.4, -0.2) is 30.1 Å². The van der Waals surface area contributed by atoms with Crippen LogP contribution in [0.25, 0.3) is 0 Å². The molecule has 1 fully saturated rings. The molecule has 0 saturated heterocycles. The summed E-state index contributed by atoms with van der Waals surface area (Å²) in [6, 6.07) is 6.45. The van der Waals surface area contributed by atoms with Crippen molar-refractivity contribution in [1.29, 1.82) is 0 Å². The molecular weight excluding hydrogens is 274 g/mol. The van der Waals surface area contributed by atoms with E-state index in [4.69, 9.17) is 5.11 Å². The molecule has 0 spiro atoms. The zero-order valence-electron chi connectivity index (χ0n) is 11.7. The average Bonchev–Trinajstić information content (AvgIpc) is 2.97. The van der Waals surface area contributed by atoms with Gasteiger partial charge in [-0.15, -0.1) is 0 Å². The maximum atomic E-state index is 12.1. The molecule has 0 bridgehead atoms. The Kier molecular flexibility index (Phi) is 4.57. The second-order valence-electron chi connectivity index (χ2n) is 5.11. The van der Waals surface area contributed by atoms with E-state index in [9.17, 15) is 14.4 Å². The van der Waals surface area contributed by atoms with Crippen LogP contribution in [0.3, 0.4) is 0 Å². The van der Waals surface area contributed by atoms with Crippen molar-refractivity contribution >= 4 is 23.5 Å². The monoisotopic (exact) mass is 291 g/mol. The molecule has 0 heterocycles. The minimum Gasteiger partial charge on any atom is -0.481 e. The van der Waals surface area contributed by atoms with Gasteiger partial charge in [0.1, 0.15) is 0 Å². The van der Waals surface area contributed by atoms with Crippen LogP contribution in [0.15, 0.2) is 24.3 Å². The van der Waals surface area contributed by atoms with E-state index in [1.54, 1.807) is 18.2 Å². The Morgan fingerprint density at radius 1 is 1.24 bits per heavy atom. The van der Waals surface area contributed by atoms with Crippen molar-refractivity contribution < 1.29 is 24.2 Å². The highest BCUT2D eigenvalue weighted by atomic mass is 16.5. The summed E-state index contributed by atoms with van der Waals surface area (Å²) in [6.07, 6.45) is 1.45. The van der Waals surface area contributed by atoms with Gasteiger partial charge in [-0.25, -0.2) is 4.79 Å². The summed E-state index contributed by atoms with van der Waals surface area (Å²) < 4.78 is 4.62. The number of hydrogen-bond acceptors (Lipinski definition) is 4. The number of rotatable bonds is 4. The molecule has 2 rings (SSSR count). The van der Waals surface area contributed by atoms with Gasteiger partial charge in [0, 0.05) is 11.6 Å². The highest BCUT2D eigenvalue weighted by molar-refractivity contribution is 5.95. The SMILES string of the molecule is COC(=O)c1cccc(NC(=O)[C@@H]2CC[C@H](C(=O)O)C2)c1. The molecule has 0 unspecified atom stereocenters. The smallest absolute Gasteiger partial charge is 0.337 e. The number of aliphatic carboxylic acids is 1. The number of benzene rings is 1. The van der Waals surface area contributed by atoms with Crippen LogP contribution in [0, 0.1) is 11.8 Å². The Morgan fingerprint density at radius 3 is 2.57 bits per heavy atom. The zero-order valence-corrected chi connectivity index (χ0v) is 11.7. The van der Waals surface area contributed by atoms with Gasteiger partial charge in [-0.05, 0) is 37.5 Å². The lowest BCUT2D eigenvalue weighted by molar-refractivity contribution is -0.141. The minimum atomic E-state index is -0.849. The number of methoxy groups -OCH3 is 1. The summed E-state index contributed by atoms with van der Waals surface area (Å²) in [5, 5.41) is 11.7. The van der Waals surface area contributed by atoms with E-state index in [2.05, 4.69) is 10.1 Å². The van der Waals surface area contributed by atoms with E-state index in [-0.39, 0.29) is 11.8 Å². The minimum absolute atomic E-state index is 0.208. The molecule has 0 radical (unpaired) electrons. The van der Waals surface area contributed by atoms with E-state index < -0.39 is 17.9 Å². The number of esters is 1. The van der Waals surface area contributed by atoms with Crippen molar-refractivity contribution in [2.75, 3.05) is 12.4 Å². The number of carboxylic acids is 1. The lowest BCUT2D eigenvalue weighted by atomic mass is 10.0. The van der Waals surface area contributed by atoms with Crippen LogP contribution >= 0.6 is 0 Å². The first-order chi connectivity index (χ1) is 10.0. The predicted molar refractivity (Wildman–Crippen MR) is 74.9 cm³/mol. The highest BCUT2D eigenvalue weighted by Crippen LogP contribution is 2.31. The molecule has 1 aliphatic carbocycles. The molecule has 0 aromatic heterocycles. The molecule has 112 valence electrons. The van der Waals surface area contributed by atoms with Crippen LogP contribution in [0.2, 0.25) is 0 Å². The van der Waals surface area contributed by atoms with Gasteiger partial charge in [0.2, 0.25) is 5.91 Å². The molecule has 6 nitrogen and oxygen atoms in total. The Morgan fingerprint density at radius 2 is 1.95 bits per heavy atom. The second-order valence-corrected chi connectivity index (χ2v) is 5.11. The maximum absolute atomic E-state index is 12.1. The molecule has 1 aliphatic rings. The van der Waals surface area contributed by atoms with Crippen LogP contribution in [0.5, 0.6) is 0 Å². The van der Waals surface area contributed by atoms with Crippen molar-refractivity contribution in [3.05, 3.63) is 29.8 Å². The van der Waals surface area contributed by atoms with Gasteiger partial charge in [-0.1, -0.05) is 6.07 Å². The number of anilines is 1. The Bertz CT molecular complexity index is 569. The topological polar surface area (TPSA) is 92.7 Å². The van der Waals surface area contributed by atoms with Crippen LogP contribution in [0.1, 0.15) is 29.6 Å². The third-order valence-electron chi connectivity index (χ3n) is 3.70. The summed E-state index contributed by atoms with van der Waals surface area (Å²) in [5.74, 6) is -2.27. The second kappa shape index (κ2) is 6.39. The summed E-state index contributed by atoms with van der Waals surface area (Å²) in [4.78, 5) is 34.4. The normalized spacial score (nSPS) is 20.8. The van der Waals surface area contributed by atoms with Gasteiger partial charge in [0.15, 0.2) is 0 Å². The fourth-order valence-corrected chi connectivity index (χ4v) is 2.53. The Labute approximate surface area is 122 Å². The van der Waals surface area contributed by atoms with Crippen molar-refractivity contribution in [2.24, 2.45) is 11.8 Å². The van der Waals surface area contributed by atoms with E-state index in [0.29, 0.717) is 30.5 Å². The first-order valence-corrected chi connectivity index (χ1v) is 6.73. The Balaban J connectivity index is 2.00. The molecule has 1 saturated carbocycles. The van der Waals surface area contributed by atoms with E-state index >= 15 is 0 Å². The fraction of sp³-hybridized carbons (Fsp3) is 0.400. The zero-order chi connectivity index (χ0) is 15.4. The number of carboxylic acid groups (broad SMARTS) is 1. The molecule has 21 heavy (non-hydrogen) atoms. The van der Waals surface area contributed by atoms with Crippen LogP contribution in [0.4, 0.5) is 5.69 Å². The van der Waals surface area contributed by atoms with Crippen molar-refractivity contribution in [3.8, 4) is 0 Å². The molecule has 0 aliphatic heterocycles. The summed E-state index contributed by atoms with van der Waals surface area (Å²) >= 11 is 0. The van der Waals surface area contributed by atoms with Gasteiger partial charge in [0.05, 0.1) is 18.6 Å².